The number of morpholine rings is 1. The molecule has 8 nitrogen and oxygen atoms in total. The maximum atomic E-state index is 12.9. The molecule has 0 saturated carbocycles. The van der Waals surface area contributed by atoms with Crippen molar-refractivity contribution in [3.05, 3.63) is 36.2 Å². The smallest absolute Gasteiger partial charge is 0.250 e. The highest BCUT2D eigenvalue weighted by Crippen LogP contribution is 2.27. The summed E-state index contributed by atoms with van der Waals surface area (Å²) in [6.45, 7) is 3.12. The maximum absolute atomic E-state index is 12.9. The first-order valence-corrected chi connectivity index (χ1v) is 10.9. The van der Waals surface area contributed by atoms with E-state index in [0.717, 1.165) is 10.3 Å². The predicted molar refractivity (Wildman–Crippen MR) is 92.2 cm³/mol. The summed E-state index contributed by atoms with van der Waals surface area (Å²) in [7, 11) is -7.13. The standard InChI is InChI=1S/C15H19N3O5S2/c1-12-3-4-13(14-10-16-18(11-14)24(2,19)20)9-15(12)25(21,22)17-5-7-23-8-6-17/h3-4,9-11H,5-8H2,1-2H3. The highest BCUT2D eigenvalue weighted by Gasteiger charge is 2.28. The molecule has 1 aromatic heterocycles. The van der Waals surface area contributed by atoms with Crippen LogP contribution in [0.15, 0.2) is 35.5 Å². The Morgan fingerprint density at radius 1 is 1.08 bits per heavy atom. The van der Waals surface area contributed by atoms with Crippen LogP contribution in [0.1, 0.15) is 5.56 Å². The van der Waals surface area contributed by atoms with Crippen LogP contribution in [-0.2, 0) is 24.8 Å². The number of rotatable bonds is 4. The summed E-state index contributed by atoms with van der Waals surface area (Å²) >= 11 is 0. The second-order valence-electron chi connectivity index (χ2n) is 5.86. The van der Waals surface area contributed by atoms with E-state index in [0.29, 0.717) is 43.0 Å². The van der Waals surface area contributed by atoms with Crippen molar-refractivity contribution in [3.8, 4) is 11.1 Å². The van der Waals surface area contributed by atoms with E-state index >= 15 is 0 Å². The number of aromatic nitrogens is 2. The van der Waals surface area contributed by atoms with Gasteiger partial charge in [-0.05, 0) is 24.1 Å². The van der Waals surface area contributed by atoms with Crippen LogP contribution in [0.4, 0.5) is 0 Å². The summed E-state index contributed by atoms with van der Waals surface area (Å²) in [4.78, 5) is 0.207. The zero-order chi connectivity index (χ0) is 18.2. The lowest BCUT2D eigenvalue weighted by molar-refractivity contribution is 0.0730. The number of hydrogen-bond donors (Lipinski definition) is 0. The van der Waals surface area contributed by atoms with Crippen LogP contribution in [0.5, 0.6) is 0 Å². The van der Waals surface area contributed by atoms with Gasteiger partial charge in [-0.1, -0.05) is 12.1 Å². The maximum Gasteiger partial charge on any atom is 0.250 e. The fourth-order valence-corrected chi connectivity index (χ4v) is 4.80. The molecule has 1 fully saturated rings. The van der Waals surface area contributed by atoms with Crippen LogP contribution in [0.3, 0.4) is 0 Å². The molecular formula is C15H19N3O5S2. The molecule has 136 valence electrons. The van der Waals surface area contributed by atoms with Gasteiger partial charge in [-0.2, -0.15) is 13.5 Å². The van der Waals surface area contributed by atoms with Crippen molar-refractivity contribution >= 4 is 20.0 Å². The van der Waals surface area contributed by atoms with Crippen molar-refractivity contribution < 1.29 is 21.6 Å². The van der Waals surface area contributed by atoms with Crippen LogP contribution in [0.2, 0.25) is 0 Å². The summed E-state index contributed by atoms with van der Waals surface area (Å²) in [5.41, 5.74) is 1.75. The van der Waals surface area contributed by atoms with E-state index in [4.69, 9.17) is 4.74 Å². The molecule has 3 rings (SSSR count). The second kappa shape index (κ2) is 6.52. The molecule has 25 heavy (non-hydrogen) atoms. The minimum absolute atomic E-state index is 0.207. The third-order valence-electron chi connectivity index (χ3n) is 4.01. The Morgan fingerprint density at radius 3 is 2.36 bits per heavy atom. The second-order valence-corrected chi connectivity index (χ2v) is 9.61. The van der Waals surface area contributed by atoms with Gasteiger partial charge in [0.2, 0.25) is 10.0 Å². The molecule has 0 aliphatic carbocycles. The van der Waals surface area contributed by atoms with Crippen molar-refractivity contribution in [2.45, 2.75) is 11.8 Å². The lowest BCUT2D eigenvalue weighted by atomic mass is 10.1. The minimum Gasteiger partial charge on any atom is -0.379 e. The number of ether oxygens (including phenoxy) is 1. The number of sulfonamides is 1. The van der Waals surface area contributed by atoms with Crippen LogP contribution in [-0.4, -0.2) is 62.9 Å². The van der Waals surface area contributed by atoms with E-state index in [1.165, 1.54) is 16.7 Å². The van der Waals surface area contributed by atoms with Gasteiger partial charge in [-0.3, -0.25) is 0 Å². The van der Waals surface area contributed by atoms with E-state index in [9.17, 15) is 16.8 Å². The number of benzene rings is 1. The van der Waals surface area contributed by atoms with E-state index in [2.05, 4.69) is 5.10 Å². The summed E-state index contributed by atoms with van der Waals surface area (Å²) in [6.07, 6.45) is 3.81. The van der Waals surface area contributed by atoms with E-state index in [1.807, 2.05) is 0 Å². The fourth-order valence-electron chi connectivity index (χ4n) is 2.62. The molecule has 2 aromatic rings. The minimum atomic E-state index is -3.64. The Labute approximate surface area is 147 Å². The summed E-state index contributed by atoms with van der Waals surface area (Å²) in [6, 6.07) is 5.02. The monoisotopic (exact) mass is 385 g/mol. The quantitative estimate of drug-likeness (QED) is 0.768. The van der Waals surface area contributed by atoms with Gasteiger partial charge in [0.15, 0.2) is 0 Å². The van der Waals surface area contributed by atoms with Crippen LogP contribution < -0.4 is 0 Å². The van der Waals surface area contributed by atoms with Gasteiger partial charge >= 0.3 is 0 Å². The highest BCUT2D eigenvalue weighted by atomic mass is 32.2. The molecule has 1 aliphatic heterocycles. The van der Waals surface area contributed by atoms with Gasteiger partial charge in [-0.15, -0.1) is 0 Å². The first-order valence-electron chi connectivity index (χ1n) is 7.64. The van der Waals surface area contributed by atoms with Crippen LogP contribution in [0, 0.1) is 6.92 Å². The normalized spacial score (nSPS) is 16.9. The fraction of sp³-hybridized carbons (Fsp3) is 0.400. The highest BCUT2D eigenvalue weighted by molar-refractivity contribution is 7.89. The summed E-state index contributed by atoms with van der Waals surface area (Å²) in [5.74, 6) is 0. The third kappa shape index (κ3) is 3.61. The molecular weight excluding hydrogens is 366 g/mol. The zero-order valence-electron chi connectivity index (χ0n) is 13.9. The molecule has 0 spiro atoms. The summed E-state index contributed by atoms with van der Waals surface area (Å²) < 4.78 is 56.4. The van der Waals surface area contributed by atoms with Gasteiger partial charge in [-0.25, -0.2) is 16.8 Å². The van der Waals surface area contributed by atoms with E-state index in [-0.39, 0.29) is 4.90 Å². The van der Waals surface area contributed by atoms with Crippen LogP contribution >= 0.6 is 0 Å². The van der Waals surface area contributed by atoms with E-state index < -0.39 is 20.0 Å². The molecule has 0 radical (unpaired) electrons. The zero-order valence-corrected chi connectivity index (χ0v) is 15.5. The Bertz CT molecular complexity index is 990. The van der Waals surface area contributed by atoms with Crippen molar-refractivity contribution in [1.29, 1.82) is 0 Å². The van der Waals surface area contributed by atoms with Crippen molar-refractivity contribution in [1.82, 2.24) is 13.5 Å². The molecule has 0 atom stereocenters. The van der Waals surface area contributed by atoms with Crippen molar-refractivity contribution in [3.63, 3.8) is 0 Å². The molecule has 0 unspecified atom stereocenters. The van der Waals surface area contributed by atoms with Crippen molar-refractivity contribution in [2.75, 3.05) is 32.6 Å². The molecule has 10 heteroatoms. The largest absolute Gasteiger partial charge is 0.379 e. The Hall–Kier alpha value is -1.75. The molecule has 1 aromatic carbocycles. The average Bonchev–Trinajstić information content (AvgIpc) is 3.06. The first kappa shape index (κ1) is 18.1. The lowest BCUT2D eigenvalue weighted by Gasteiger charge is -2.26. The molecule has 1 aliphatic rings. The number of aryl methyl sites for hydroxylation is 1. The molecule has 0 N–H and O–H groups in total. The van der Waals surface area contributed by atoms with E-state index in [1.54, 1.807) is 25.1 Å². The molecule has 1 saturated heterocycles. The van der Waals surface area contributed by atoms with Gasteiger partial charge in [0.25, 0.3) is 10.0 Å². The topological polar surface area (TPSA) is 98.6 Å². The number of nitrogens with zero attached hydrogens (tertiary/aromatic N) is 3. The third-order valence-corrected chi connectivity index (χ3v) is 6.93. The number of hydrogen-bond acceptors (Lipinski definition) is 6. The first-order chi connectivity index (χ1) is 11.7. The Kier molecular flexibility index (Phi) is 4.71. The van der Waals surface area contributed by atoms with Gasteiger partial charge in [0.05, 0.1) is 36.8 Å². The van der Waals surface area contributed by atoms with Crippen molar-refractivity contribution in [2.24, 2.45) is 0 Å². The van der Waals surface area contributed by atoms with Gasteiger partial charge in [0, 0.05) is 18.7 Å². The van der Waals surface area contributed by atoms with Gasteiger partial charge < -0.3 is 4.74 Å². The molecule has 0 bridgehead atoms. The van der Waals surface area contributed by atoms with Crippen LogP contribution in [0.25, 0.3) is 11.1 Å². The lowest BCUT2D eigenvalue weighted by Crippen LogP contribution is -2.40. The molecule has 0 amide bonds. The van der Waals surface area contributed by atoms with Gasteiger partial charge in [0.1, 0.15) is 0 Å². The average molecular weight is 385 g/mol. The Morgan fingerprint density at radius 2 is 1.76 bits per heavy atom. The Balaban J connectivity index is 2.02. The SMILES string of the molecule is Cc1ccc(-c2cnn(S(C)(=O)=O)c2)cc1S(=O)(=O)N1CCOCC1. The molecule has 2 heterocycles. The predicted octanol–water partition coefficient (Wildman–Crippen LogP) is 0.687. The summed E-state index contributed by atoms with van der Waals surface area (Å²) in [5, 5.41) is 3.82.